The Morgan fingerprint density at radius 3 is 2.62 bits per heavy atom. The maximum atomic E-state index is 11.8. The van der Waals surface area contributed by atoms with Gasteiger partial charge in [-0.3, -0.25) is 19.7 Å². The molecule has 1 amide bonds. The van der Waals surface area contributed by atoms with E-state index in [4.69, 9.17) is 9.84 Å². The van der Waals surface area contributed by atoms with Gasteiger partial charge >= 0.3 is 5.97 Å². The van der Waals surface area contributed by atoms with Gasteiger partial charge in [0.1, 0.15) is 11.4 Å². The second-order valence-corrected chi connectivity index (χ2v) is 4.60. The van der Waals surface area contributed by atoms with Crippen molar-refractivity contribution >= 4 is 23.3 Å². The molecule has 1 aromatic rings. The molecule has 0 saturated heterocycles. The number of nitrogens with zero attached hydrogens (tertiary/aromatic N) is 1. The average molecular weight is 296 g/mol. The third kappa shape index (κ3) is 5.09. The summed E-state index contributed by atoms with van der Waals surface area (Å²) in [5.41, 5.74) is -0.234. The van der Waals surface area contributed by atoms with Crippen LogP contribution < -0.4 is 10.1 Å². The van der Waals surface area contributed by atoms with Crippen molar-refractivity contribution in [2.24, 2.45) is 5.92 Å². The number of hydrogen-bond donors (Lipinski definition) is 2. The number of hydrogen-bond acceptors (Lipinski definition) is 5. The molecule has 114 valence electrons. The number of nitro benzene ring substituents is 1. The first-order chi connectivity index (χ1) is 9.83. The first-order valence-corrected chi connectivity index (χ1v) is 6.17. The van der Waals surface area contributed by atoms with Crippen LogP contribution in [0.4, 0.5) is 11.4 Å². The SMILES string of the molecule is COc1ccc(NC(=O)CC(C)CC(=O)O)c([N+](=O)[O-])c1. The van der Waals surface area contributed by atoms with E-state index in [1.807, 2.05) is 0 Å². The van der Waals surface area contributed by atoms with Crippen LogP contribution in [-0.2, 0) is 9.59 Å². The summed E-state index contributed by atoms with van der Waals surface area (Å²) in [7, 11) is 1.38. The van der Waals surface area contributed by atoms with Gasteiger partial charge in [0.15, 0.2) is 0 Å². The highest BCUT2D eigenvalue weighted by Gasteiger charge is 2.19. The lowest BCUT2D eigenvalue weighted by Gasteiger charge is -2.10. The van der Waals surface area contributed by atoms with Crippen LogP contribution in [-0.4, -0.2) is 29.0 Å². The fourth-order valence-electron chi connectivity index (χ4n) is 1.78. The third-order valence-electron chi connectivity index (χ3n) is 2.73. The summed E-state index contributed by atoms with van der Waals surface area (Å²) >= 11 is 0. The molecule has 0 radical (unpaired) electrons. The summed E-state index contributed by atoms with van der Waals surface area (Å²) in [6, 6.07) is 4.07. The second kappa shape index (κ2) is 7.22. The van der Waals surface area contributed by atoms with Gasteiger partial charge in [0.05, 0.1) is 18.1 Å². The Labute approximate surface area is 120 Å². The lowest BCUT2D eigenvalue weighted by molar-refractivity contribution is -0.384. The Kier molecular flexibility index (Phi) is 5.65. The van der Waals surface area contributed by atoms with Gasteiger partial charge in [-0.25, -0.2) is 0 Å². The highest BCUT2D eigenvalue weighted by atomic mass is 16.6. The zero-order chi connectivity index (χ0) is 16.0. The lowest BCUT2D eigenvalue weighted by Crippen LogP contribution is -2.17. The smallest absolute Gasteiger partial charge is 0.303 e. The number of aliphatic carboxylic acids is 1. The molecule has 1 atom stereocenters. The number of methoxy groups -OCH3 is 1. The van der Waals surface area contributed by atoms with Crippen LogP contribution in [0, 0.1) is 16.0 Å². The van der Waals surface area contributed by atoms with Gasteiger partial charge in [0, 0.05) is 12.8 Å². The van der Waals surface area contributed by atoms with Gasteiger partial charge < -0.3 is 15.2 Å². The summed E-state index contributed by atoms with van der Waals surface area (Å²) in [4.78, 5) is 32.6. The van der Waals surface area contributed by atoms with Crippen LogP contribution in [0.1, 0.15) is 19.8 Å². The normalized spacial score (nSPS) is 11.5. The van der Waals surface area contributed by atoms with Crippen molar-refractivity contribution in [2.75, 3.05) is 12.4 Å². The minimum atomic E-state index is -0.995. The molecule has 1 aromatic carbocycles. The van der Waals surface area contributed by atoms with Crippen LogP contribution in [0.5, 0.6) is 5.75 Å². The van der Waals surface area contributed by atoms with Crippen LogP contribution >= 0.6 is 0 Å². The molecule has 0 fully saturated rings. The Morgan fingerprint density at radius 1 is 1.43 bits per heavy atom. The number of carboxylic acid groups (broad SMARTS) is 1. The summed E-state index contributed by atoms with van der Waals surface area (Å²) in [6.07, 6.45) is -0.173. The van der Waals surface area contributed by atoms with Crippen molar-refractivity contribution in [3.05, 3.63) is 28.3 Å². The van der Waals surface area contributed by atoms with Gasteiger partial charge in [-0.05, 0) is 18.1 Å². The van der Waals surface area contributed by atoms with Crippen LogP contribution in [0.2, 0.25) is 0 Å². The molecular weight excluding hydrogens is 280 g/mol. The molecule has 0 saturated carbocycles. The van der Waals surface area contributed by atoms with Crippen molar-refractivity contribution in [3.63, 3.8) is 0 Å². The summed E-state index contributed by atoms with van der Waals surface area (Å²) in [6.45, 7) is 1.62. The fraction of sp³-hybridized carbons (Fsp3) is 0.385. The Hall–Kier alpha value is -2.64. The molecule has 21 heavy (non-hydrogen) atoms. The van der Waals surface area contributed by atoms with Gasteiger partial charge in [0.25, 0.3) is 5.69 Å². The van der Waals surface area contributed by atoms with E-state index in [2.05, 4.69) is 5.32 Å². The number of nitrogens with one attached hydrogen (secondary N) is 1. The van der Waals surface area contributed by atoms with E-state index in [0.29, 0.717) is 5.75 Å². The molecule has 1 rings (SSSR count). The standard InChI is InChI=1S/C13H16N2O6/c1-8(6-13(17)18)5-12(16)14-10-4-3-9(21-2)7-11(10)15(19)20/h3-4,7-8H,5-6H2,1-2H3,(H,14,16)(H,17,18). The van der Waals surface area contributed by atoms with Gasteiger partial charge in [-0.1, -0.05) is 6.92 Å². The van der Waals surface area contributed by atoms with Crippen molar-refractivity contribution in [2.45, 2.75) is 19.8 Å². The molecule has 2 N–H and O–H groups in total. The zero-order valence-corrected chi connectivity index (χ0v) is 11.7. The minimum absolute atomic E-state index is 0.0323. The quantitative estimate of drug-likeness (QED) is 0.587. The maximum absolute atomic E-state index is 11.8. The number of nitro groups is 1. The number of carbonyl (C=O) groups is 2. The molecular formula is C13H16N2O6. The minimum Gasteiger partial charge on any atom is -0.496 e. The Balaban J connectivity index is 2.80. The van der Waals surface area contributed by atoms with Crippen molar-refractivity contribution < 1.29 is 24.4 Å². The molecule has 0 aliphatic rings. The van der Waals surface area contributed by atoms with Crippen molar-refractivity contribution in [3.8, 4) is 5.75 Å². The predicted octanol–water partition coefficient (Wildman–Crippen LogP) is 2.04. The average Bonchev–Trinajstić information content (AvgIpc) is 2.37. The molecule has 8 nitrogen and oxygen atoms in total. The van der Waals surface area contributed by atoms with E-state index in [1.165, 1.54) is 25.3 Å². The van der Waals surface area contributed by atoms with Crippen molar-refractivity contribution in [1.29, 1.82) is 0 Å². The van der Waals surface area contributed by atoms with E-state index >= 15 is 0 Å². The number of carboxylic acids is 1. The van der Waals surface area contributed by atoms with Crippen LogP contribution in [0.15, 0.2) is 18.2 Å². The molecule has 0 bridgehead atoms. The molecule has 0 aromatic heterocycles. The van der Waals surface area contributed by atoms with E-state index in [-0.39, 0.29) is 30.1 Å². The number of amides is 1. The first-order valence-electron chi connectivity index (χ1n) is 6.17. The van der Waals surface area contributed by atoms with Crippen molar-refractivity contribution in [1.82, 2.24) is 0 Å². The molecule has 0 aliphatic heterocycles. The van der Waals surface area contributed by atoms with Gasteiger partial charge in [0.2, 0.25) is 5.91 Å². The van der Waals surface area contributed by atoms with E-state index in [9.17, 15) is 19.7 Å². The molecule has 0 heterocycles. The highest BCUT2D eigenvalue weighted by molar-refractivity contribution is 5.93. The van der Waals surface area contributed by atoms with Gasteiger partial charge in [-0.15, -0.1) is 0 Å². The van der Waals surface area contributed by atoms with E-state index in [1.54, 1.807) is 6.92 Å². The highest BCUT2D eigenvalue weighted by Crippen LogP contribution is 2.29. The monoisotopic (exact) mass is 296 g/mol. The Morgan fingerprint density at radius 2 is 2.10 bits per heavy atom. The zero-order valence-electron chi connectivity index (χ0n) is 11.7. The number of anilines is 1. The largest absolute Gasteiger partial charge is 0.496 e. The topological polar surface area (TPSA) is 119 Å². The Bertz CT molecular complexity index is 558. The summed E-state index contributed by atoms with van der Waals surface area (Å²) in [5, 5.41) is 22.0. The summed E-state index contributed by atoms with van der Waals surface area (Å²) < 4.78 is 4.89. The predicted molar refractivity (Wildman–Crippen MR) is 74.3 cm³/mol. The molecule has 0 aliphatic carbocycles. The number of ether oxygens (including phenoxy) is 1. The van der Waals surface area contributed by atoms with Crippen LogP contribution in [0.25, 0.3) is 0 Å². The number of rotatable bonds is 7. The van der Waals surface area contributed by atoms with E-state index in [0.717, 1.165) is 0 Å². The van der Waals surface area contributed by atoms with E-state index < -0.39 is 16.8 Å². The molecule has 8 heteroatoms. The van der Waals surface area contributed by atoms with Gasteiger partial charge in [-0.2, -0.15) is 0 Å². The lowest BCUT2D eigenvalue weighted by atomic mass is 10.0. The molecule has 1 unspecified atom stereocenters. The van der Waals surface area contributed by atoms with Crippen LogP contribution in [0.3, 0.4) is 0 Å². The second-order valence-electron chi connectivity index (χ2n) is 4.60. The number of carbonyl (C=O) groups excluding carboxylic acids is 1. The maximum Gasteiger partial charge on any atom is 0.303 e. The summed E-state index contributed by atoms with van der Waals surface area (Å²) in [5.74, 6) is -1.53. The molecule has 0 spiro atoms. The first kappa shape index (κ1) is 16.4. The third-order valence-corrected chi connectivity index (χ3v) is 2.73. The fourth-order valence-corrected chi connectivity index (χ4v) is 1.78. The number of benzene rings is 1.